The first kappa shape index (κ1) is 61.3. The lowest BCUT2D eigenvalue weighted by Crippen LogP contribution is -2.45. The van der Waals surface area contributed by atoms with Crippen LogP contribution >= 0.6 is 0 Å². The Morgan fingerprint density at radius 2 is 0.746 bits per heavy atom. The van der Waals surface area contributed by atoms with Gasteiger partial charge in [0.25, 0.3) is 0 Å². The number of hydrogen-bond acceptors (Lipinski definition) is 5. The standard InChI is InChI=1S/C57H109NO5/c1-3-5-7-9-11-13-15-17-22-26-29-33-37-41-45-49-55(60)54(53-59)58-56(61)50-46-42-38-34-30-27-23-20-18-19-21-24-28-32-36-40-44-48-52-63-57(62)51-47-43-39-35-31-25-16-14-12-10-8-6-4-2/h20,23,45,49,54-55,59-60H,3-19,21-22,24-44,46-48,50-53H2,1-2H3,(H,58,61)/b23-20-,49-45+. The average Bonchev–Trinajstić information content (AvgIpc) is 3.28. The van der Waals surface area contributed by atoms with Crippen molar-refractivity contribution in [2.24, 2.45) is 0 Å². The number of ether oxygens (including phenoxy) is 1. The second kappa shape index (κ2) is 53.0. The Morgan fingerprint density at radius 1 is 0.429 bits per heavy atom. The smallest absolute Gasteiger partial charge is 0.305 e. The molecular formula is C57H109NO5. The topological polar surface area (TPSA) is 95.9 Å². The minimum Gasteiger partial charge on any atom is -0.466 e. The molecule has 0 aliphatic heterocycles. The maximum absolute atomic E-state index is 12.4. The zero-order valence-electron chi connectivity index (χ0n) is 42.3. The van der Waals surface area contributed by atoms with Crippen LogP contribution < -0.4 is 5.32 Å². The van der Waals surface area contributed by atoms with Crippen molar-refractivity contribution in [1.29, 1.82) is 0 Å². The quantitative estimate of drug-likeness (QED) is 0.0321. The highest BCUT2D eigenvalue weighted by molar-refractivity contribution is 5.76. The summed E-state index contributed by atoms with van der Waals surface area (Å²) < 4.78 is 5.47. The summed E-state index contributed by atoms with van der Waals surface area (Å²) in [5, 5.41) is 23.1. The van der Waals surface area contributed by atoms with Gasteiger partial charge in [-0.15, -0.1) is 0 Å². The van der Waals surface area contributed by atoms with Crippen LogP contribution in [0.15, 0.2) is 24.3 Å². The van der Waals surface area contributed by atoms with Crippen LogP contribution in [-0.4, -0.2) is 47.4 Å². The molecule has 0 saturated carbocycles. The van der Waals surface area contributed by atoms with Crippen LogP contribution in [0.25, 0.3) is 0 Å². The molecule has 0 spiro atoms. The third kappa shape index (κ3) is 49.6. The second-order valence-corrected chi connectivity index (χ2v) is 19.3. The van der Waals surface area contributed by atoms with Crippen molar-refractivity contribution in [1.82, 2.24) is 5.32 Å². The number of aliphatic hydroxyl groups excluding tert-OH is 2. The third-order valence-electron chi connectivity index (χ3n) is 13.0. The molecule has 0 aromatic carbocycles. The van der Waals surface area contributed by atoms with Gasteiger partial charge in [-0.05, 0) is 57.8 Å². The van der Waals surface area contributed by atoms with Gasteiger partial charge in [-0.1, -0.05) is 256 Å². The minimum absolute atomic E-state index is 0.00362. The molecule has 372 valence electrons. The Morgan fingerprint density at radius 3 is 1.13 bits per heavy atom. The first-order valence-corrected chi connectivity index (χ1v) is 28.1. The number of allylic oxidation sites excluding steroid dienone is 3. The van der Waals surface area contributed by atoms with E-state index in [4.69, 9.17) is 4.74 Å². The normalized spacial score (nSPS) is 12.8. The molecule has 0 radical (unpaired) electrons. The van der Waals surface area contributed by atoms with Gasteiger partial charge < -0.3 is 20.3 Å². The molecule has 0 bridgehead atoms. The van der Waals surface area contributed by atoms with Crippen molar-refractivity contribution in [3.05, 3.63) is 24.3 Å². The van der Waals surface area contributed by atoms with E-state index in [-0.39, 0.29) is 18.5 Å². The Labute approximate surface area is 392 Å². The lowest BCUT2D eigenvalue weighted by molar-refractivity contribution is -0.143. The molecule has 0 aliphatic rings. The summed E-state index contributed by atoms with van der Waals surface area (Å²) in [5.74, 6) is -0.0777. The van der Waals surface area contributed by atoms with Gasteiger partial charge in [0.05, 0.1) is 25.4 Å². The molecule has 6 nitrogen and oxygen atoms in total. The number of hydrogen-bond donors (Lipinski definition) is 3. The Balaban J connectivity index is 3.47. The summed E-state index contributed by atoms with van der Waals surface area (Å²) in [6, 6.07) is -0.637. The Kier molecular flexibility index (Phi) is 51.6. The third-order valence-corrected chi connectivity index (χ3v) is 13.0. The van der Waals surface area contributed by atoms with Gasteiger partial charge in [-0.25, -0.2) is 0 Å². The molecule has 0 aliphatic carbocycles. The van der Waals surface area contributed by atoms with Crippen LogP contribution in [0.3, 0.4) is 0 Å². The average molecular weight is 889 g/mol. The highest BCUT2D eigenvalue weighted by atomic mass is 16.5. The van der Waals surface area contributed by atoms with E-state index in [1.165, 1.54) is 218 Å². The van der Waals surface area contributed by atoms with Crippen LogP contribution in [0.5, 0.6) is 0 Å². The number of amides is 1. The van der Waals surface area contributed by atoms with Crippen LogP contribution in [-0.2, 0) is 14.3 Å². The van der Waals surface area contributed by atoms with E-state index >= 15 is 0 Å². The number of carbonyl (C=O) groups excluding carboxylic acids is 2. The van der Waals surface area contributed by atoms with Gasteiger partial charge >= 0.3 is 5.97 Å². The second-order valence-electron chi connectivity index (χ2n) is 19.3. The molecule has 6 heteroatoms. The molecule has 0 rings (SSSR count). The number of rotatable bonds is 52. The Bertz CT molecular complexity index is 982. The largest absolute Gasteiger partial charge is 0.466 e. The van der Waals surface area contributed by atoms with Crippen LogP contribution in [0.1, 0.15) is 303 Å². The summed E-state index contributed by atoms with van der Waals surface area (Å²) >= 11 is 0. The maximum atomic E-state index is 12.4. The summed E-state index contributed by atoms with van der Waals surface area (Å²) in [7, 11) is 0. The van der Waals surface area contributed by atoms with Crippen LogP contribution in [0.2, 0.25) is 0 Å². The van der Waals surface area contributed by atoms with E-state index in [1.807, 2.05) is 6.08 Å². The van der Waals surface area contributed by atoms with Crippen molar-refractivity contribution in [2.45, 2.75) is 315 Å². The molecule has 0 aromatic rings. The number of esters is 1. The number of nitrogens with one attached hydrogen (secondary N) is 1. The predicted molar refractivity (Wildman–Crippen MR) is 273 cm³/mol. The fourth-order valence-electron chi connectivity index (χ4n) is 8.63. The van der Waals surface area contributed by atoms with Crippen molar-refractivity contribution in [3.63, 3.8) is 0 Å². The van der Waals surface area contributed by atoms with Crippen LogP contribution in [0.4, 0.5) is 0 Å². The van der Waals surface area contributed by atoms with Crippen molar-refractivity contribution >= 4 is 11.9 Å². The van der Waals surface area contributed by atoms with Gasteiger partial charge in [0.2, 0.25) is 5.91 Å². The van der Waals surface area contributed by atoms with Crippen molar-refractivity contribution in [2.75, 3.05) is 13.2 Å². The molecule has 63 heavy (non-hydrogen) atoms. The van der Waals surface area contributed by atoms with E-state index < -0.39 is 12.1 Å². The highest BCUT2D eigenvalue weighted by Gasteiger charge is 2.18. The first-order valence-electron chi connectivity index (χ1n) is 28.1. The van der Waals surface area contributed by atoms with Crippen LogP contribution in [0, 0.1) is 0 Å². The van der Waals surface area contributed by atoms with Gasteiger partial charge in [-0.3, -0.25) is 9.59 Å². The minimum atomic E-state index is -0.852. The zero-order valence-corrected chi connectivity index (χ0v) is 42.3. The van der Waals surface area contributed by atoms with Gasteiger partial charge in [0, 0.05) is 12.8 Å². The van der Waals surface area contributed by atoms with Gasteiger partial charge in [0.15, 0.2) is 0 Å². The molecular weight excluding hydrogens is 779 g/mol. The van der Waals surface area contributed by atoms with Crippen molar-refractivity contribution < 1.29 is 24.5 Å². The van der Waals surface area contributed by atoms with Crippen molar-refractivity contribution in [3.8, 4) is 0 Å². The molecule has 2 unspecified atom stereocenters. The van der Waals surface area contributed by atoms with E-state index in [9.17, 15) is 19.8 Å². The number of aliphatic hydroxyl groups is 2. The molecule has 0 aromatic heterocycles. The lowest BCUT2D eigenvalue weighted by atomic mass is 10.0. The monoisotopic (exact) mass is 888 g/mol. The van der Waals surface area contributed by atoms with E-state index in [1.54, 1.807) is 6.08 Å². The molecule has 3 N–H and O–H groups in total. The van der Waals surface area contributed by atoms with E-state index in [0.717, 1.165) is 57.8 Å². The lowest BCUT2D eigenvalue weighted by Gasteiger charge is -2.20. The fourth-order valence-corrected chi connectivity index (χ4v) is 8.63. The van der Waals surface area contributed by atoms with E-state index in [2.05, 4.69) is 31.3 Å². The number of carbonyl (C=O) groups is 2. The predicted octanol–water partition coefficient (Wildman–Crippen LogP) is 17.1. The Hall–Kier alpha value is -1.66. The van der Waals surface area contributed by atoms with Gasteiger partial charge in [-0.2, -0.15) is 0 Å². The molecule has 0 heterocycles. The van der Waals surface area contributed by atoms with Gasteiger partial charge in [0.1, 0.15) is 0 Å². The molecule has 0 saturated heterocycles. The summed E-state index contributed by atoms with van der Waals surface area (Å²) in [4.78, 5) is 24.5. The first-order chi connectivity index (χ1) is 31.0. The number of unbranched alkanes of at least 4 members (excludes halogenated alkanes) is 39. The summed E-state index contributed by atoms with van der Waals surface area (Å²) in [6.45, 7) is 4.90. The SMILES string of the molecule is CCCCCCCCCCCCCCC/C=C/C(O)C(CO)NC(=O)CCCCCCC/C=C\CCCCCCCCCCCOC(=O)CCCCCCCCCCCCCCC. The molecule has 0 fully saturated rings. The highest BCUT2D eigenvalue weighted by Crippen LogP contribution is 2.16. The zero-order chi connectivity index (χ0) is 45.8. The summed E-state index contributed by atoms with van der Waals surface area (Å²) in [6.07, 6.45) is 63.3. The fraction of sp³-hybridized carbons (Fsp3) is 0.895. The summed E-state index contributed by atoms with van der Waals surface area (Å²) in [5.41, 5.74) is 0. The molecule has 1 amide bonds. The maximum Gasteiger partial charge on any atom is 0.305 e. The molecule has 2 atom stereocenters. The van der Waals surface area contributed by atoms with E-state index in [0.29, 0.717) is 19.4 Å².